The van der Waals surface area contributed by atoms with Gasteiger partial charge in [0.15, 0.2) is 5.16 Å². The Bertz CT molecular complexity index is 838. The first-order valence-electron chi connectivity index (χ1n) is 8.66. The molecule has 0 unspecified atom stereocenters. The third-order valence-corrected chi connectivity index (χ3v) is 5.11. The van der Waals surface area contributed by atoms with E-state index < -0.39 is 0 Å². The van der Waals surface area contributed by atoms with Crippen LogP contribution < -0.4 is 4.74 Å². The van der Waals surface area contributed by atoms with Crippen LogP contribution in [-0.2, 0) is 12.8 Å². The fraction of sp³-hybridized carbons (Fsp3) is 0.350. The Hall–Kier alpha value is -2.14. The summed E-state index contributed by atoms with van der Waals surface area (Å²) in [5.41, 5.74) is 3.43. The van der Waals surface area contributed by atoms with E-state index in [1.807, 2.05) is 30.6 Å². The normalized spacial score (nSPS) is 11.0. The standard InChI is InChI=1S/C20H23N3OS/c1-3-13-25-20-22-12-10-16(23-20)6-4-5-15-9-11-21-19-8-7-17(24-2)14-18(15)19/h7-12,14H,3-6,13H2,1-2H3. The van der Waals surface area contributed by atoms with Crippen molar-refractivity contribution >= 4 is 22.7 Å². The molecule has 1 aromatic carbocycles. The van der Waals surface area contributed by atoms with E-state index in [0.29, 0.717) is 0 Å². The Balaban J connectivity index is 1.67. The molecule has 0 aliphatic heterocycles. The number of aryl methyl sites for hydroxylation is 2. The molecule has 0 N–H and O–H groups in total. The number of pyridine rings is 1. The smallest absolute Gasteiger partial charge is 0.187 e. The third kappa shape index (κ3) is 4.69. The molecule has 0 aliphatic rings. The number of hydrogen-bond acceptors (Lipinski definition) is 5. The van der Waals surface area contributed by atoms with E-state index in [1.165, 1.54) is 10.9 Å². The van der Waals surface area contributed by atoms with Crippen LogP contribution in [0.15, 0.2) is 47.9 Å². The summed E-state index contributed by atoms with van der Waals surface area (Å²) in [4.78, 5) is 13.4. The van der Waals surface area contributed by atoms with Crippen LogP contribution in [0.1, 0.15) is 31.0 Å². The lowest BCUT2D eigenvalue weighted by atomic mass is 10.0. The third-order valence-electron chi connectivity index (χ3n) is 4.04. The summed E-state index contributed by atoms with van der Waals surface area (Å²) >= 11 is 1.73. The molecule has 4 nitrogen and oxygen atoms in total. The Morgan fingerprint density at radius 2 is 1.92 bits per heavy atom. The van der Waals surface area contributed by atoms with E-state index in [2.05, 4.69) is 34.0 Å². The van der Waals surface area contributed by atoms with Crippen LogP contribution in [0.5, 0.6) is 5.75 Å². The molecule has 0 saturated heterocycles. The van der Waals surface area contributed by atoms with Gasteiger partial charge < -0.3 is 4.74 Å². The zero-order valence-corrected chi connectivity index (χ0v) is 15.6. The summed E-state index contributed by atoms with van der Waals surface area (Å²) in [7, 11) is 1.69. The molecule has 130 valence electrons. The van der Waals surface area contributed by atoms with Crippen molar-refractivity contribution in [3.63, 3.8) is 0 Å². The molecule has 3 rings (SSSR count). The predicted molar refractivity (Wildman–Crippen MR) is 103 cm³/mol. The predicted octanol–water partition coefficient (Wildman–Crippen LogP) is 4.71. The molecule has 2 aromatic heterocycles. The molecule has 2 heterocycles. The second-order valence-corrected chi connectivity index (χ2v) is 6.95. The number of nitrogens with zero attached hydrogens (tertiary/aromatic N) is 3. The van der Waals surface area contributed by atoms with E-state index in [1.54, 1.807) is 18.9 Å². The van der Waals surface area contributed by atoms with E-state index >= 15 is 0 Å². The van der Waals surface area contributed by atoms with Crippen LogP contribution >= 0.6 is 11.8 Å². The first-order valence-corrected chi connectivity index (χ1v) is 9.65. The highest BCUT2D eigenvalue weighted by molar-refractivity contribution is 7.99. The van der Waals surface area contributed by atoms with Gasteiger partial charge in [0.1, 0.15) is 5.75 Å². The lowest BCUT2D eigenvalue weighted by Crippen LogP contribution is -1.97. The summed E-state index contributed by atoms with van der Waals surface area (Å²) in [6.07, 6.45) is 7.88. The fourth-order valence-electron chi connectivity index (χ4n) is 2.77. The number of aromatic nitrogens is 3. The van der Waals surface area contributed by atoms with Gasteiger partial charge in [0.2, 0.25) is 0 Å². The number of rotatable bonds is 8. The number of benzene rings is 1. The van der Waals surface area contributed by atoms with Gasteiger partial charge in [-0.05, 0) is 61.6 Å². The molecule has 0 atom stereocenters. The molecular formula is C20H23N3OS. The highest BCUT2D eigenvalue weighted by Gasteiger charge is 2.05. The molecule has 3 aromatic rings. The molecule has 0 saturated carbocycles. The van der Waals surface area contributed by atoms with Gasteiger partial charge in [-0.2, -0.15) is 0 Å². The molecule has 0 aliphatic carbocycles. The van der Waals surface area contributed by atoms with Crippen LogP contribution in [-0.4, -0.2) is 27.8 Å². The zero-order chi connectivity index (χ0) is 17.5. The van der Waals surface area contributed by atoms with E-state index in [0.717, 1.165) is 53.6 Å². The zero-order valence-electron chi connectivity index (χ0n) is 14.7. The van der Waals surface area contributed by atoms with Crippen molar-refractivity contribution in [3.8, 4) is 5.75 Å². The van der Waals surface area contributed by atoms with Crippen LogP contribution in [0, 0.1) is 0 Å². The number of hydrogen-bond donors (Lipinski definition) is 0. The monoisotopic (exact) mass is 353 g/mol. The Kier molecular flexibility index (Phi) is 6.23. The quantitative estimate of drug-likeness (QED) is 0.433. The van der Waals surface area contributed by atoms with Crippen LogP contribution in [0.3, 0.4) is 0 Å². The first-order chi connectivity index (χ1) is 12.3. The SMILES string of the molecule is CCCSc1nccc(CCCc2ccnc3ccc(OC)cc23)n1. The minimum absolute atomic E-state index is 0.871. The van der Waals surface area contributed by atoms with Crippen molar-refractivity contribution in [2.24, 2.45) is 0 Å². The highest BCUT2D eigenvalue weighted by Crippen LogP contribution is 2.23. The molecular weight excluding hydrogens is 330 g/mol. The van der Waals surface area contributed by atoms with Gasteiger partial charge in [0.25, 0.3) is 0 Å². The minimum Gasteiger partial charge on any atom is -0.497 e. The lowest BCUT2D eigenvalue weighted by Gasteiger charge is -2.08. The number of ether oxygens (including phenoxy) is 1. The van der Waals surface area contributed by atoms with Gasteiger partial charge in [0.05, 0.1) is 12.6 Å². The maximum Gasteiger partial charge on any atom is 0.187 e. The number of fused-ring (bicyclic) bond motifs is 1. The topological polar surface area (TPSA) is 47.9 Å². The van der Waals surface area contributed by atoms with E-state index in [-0.39, 0.29) is 0 Å². The van der Waals surface area contributed by atoms with Crippen molar-refractivity contribution in [3.05, 3.63) is 54.0 Å². The van der Waals surface area contributed by atoms with Crippen molar-refractivity contribution in [1.29, 1.82) is 0 Å². The van der Waals surface area contributed by atoms with Crippen LogP contribution in [0.2, 0.25) is 0 Å². The maximum atomic E-state index is 5.35. The van der Waals surface area contributed by atoms with Gasteiger partial charge in [-0.3, -0.25) is 4.98 Å². The van der Waals surface area contributed by atoms with Gasteiger partial charge >= 0.3 is 0 Å². The minimum atomic E-state index is 0.871. The molecule has 5 heteroatoms. The van der Waals surface area contributed by atoms with Crippen molar-refractivity contribution < 1.29 is 4.74 Å². The van der Waals surface area contributed by atoms with Gasteiger partial charge in [-0.25, -0.2) is 9.97 Å². The fourth-order valence-corrected chi connectivity index (χ4v) is 3.47. The summed E-state index contributed by atoms with van der Waals surface area (Å²) in [6.45, 7) is 2.17. The Morgan fingerprint density at radius 3 is 2.76 bits per heavy atom. The maximum absolute atomic E-state index is 5.35. The van der Waals surface area contributed by atoms with Crippen LogP contribution in [0.4, 0.5) is 0 Å². The van der Waals surface area contributed by atoms with Crippen molar-refractivity contribution in [2.75, 3.05) is 12.9 Å². The molecule has 0 spiro atoms. The molecule has 0 fully saturated rings. The Labute approximate surface area is 153 Å². The second-order valence-electron chi connectivity index (χ2n) is 5.89. The lowest BCUT2D eigenvalue weighted by molar-refractivity contribution is 0.415. The highest BCUT2D eigenvalue weighted by atomic mass is 32.2. The van der Waals surface area contributed by atoms with Crippen molar-refractivity contribution in [1.82, 2.24) is 15.0 Å². The average molecular weight is 353 g/mol. The Morgan fingerprint density at radius 1 is 1.04 bits per heavy atom. The molecule has 25 heavy (non-hydrogen) atoms. The van der Waals surface area contributed by atoms with Gasteiger partial charge in [0, 0.05) is 29.2 Å². The number of methoxy groups -OCH3 is 1. The van der Waals surface area contributed by atoms with Crippen LogP contribution in [0.25, 0.3) is 10.9 Å². The summed E-state index contributed by atoms with van der Waals surface area (Å²) in [5, 5.41) is 2.06. The van der Waals surface area contributed by atoms with E-state index in [9.17, 15) is 0 Å². The first kappa shape index (κ1) is 17.7. The number of thioether (sulfide) groups is 1. The summed E-state index contributed by atoms with van der Waals surface area (Å²) in [5.74, 6) is 1.93. The summed E-state index contributed by atoms with van der Waals surface area (Å²) < 4.78 is 5.35. The molecule has 0 radical (unpaired) electrons. The molecule has 0 bridgehead atoms. The second kappa shape index (κ2) is 8.81. The average Bonchev–Trinajstić information content (AvgIpc) is 2.66. The van der Waals surface area contributed by atoms with E-state index in [4.69, 9.17) is 4.74 Å². The van der Waals surface area contributed by atoms with Gasteiger partial charge in [-0.15, -0.1) is 0 Å². The van der Waals surface area contributed by atoms with Crippen molar-refractivity contribution in [2.45, 2.75) is 37.8 Å². The van der Waals surface area contributed by atoms with Gasteiger partial charge in [-0.1, -0.05) is 18.7 Å². The summed E-state index contributed by atoms with van der Waals surface area (Å²) in [6, 6.07) is 10.2. The molecule has 0 amide bonds. The largest absolute Gasteiger partial charge is 0.497 e.